The second-order valence-corrected chi connectivity index (χ2v) is 8.24. The number of nitrogens with one attached hydrogen (secondary N) is 1. The predicted molar refractivity (Wildman–Crippen MR) is 119 cm³/mol. The number of nitrogens with zero attached hydrogens (tertiary/aromatic N) is 1. The van der Waals surface area contributed by atoms with Gasteiger partial charge in [0.15, 0.2) is 0 Å². The van der Waals surface area contributed by atoms with E-state index in [2.05, 4.69) is 4.98 Å². The summed E-state index contributed by atoms with van der Waals surface area (Å²) in [6.07, 6.45) is 1.84. The van der Waals surface area contributed by atoms with Crippen molar-refractivity contribution < 1.29 is 14.3 Å². The Kier molecular flexibility index (Phi) is 5.58. The molecule has 1 amide bonds. The Morgan fingerprint density at radius 2 is 1.90 bits per heavy atom. The minimum Gasteiger partial charge on any atom is -0.459 e. The van der Waals surface area contributed by atoms with Gasteiger partial charge in [-0.3, -0.25) is 4.79 Å². The molecular formula is C23H20Cl2N2O3. The van der Waals surface area contributed by atoms with E-state index in [1.165, 1.54) is 11.0 Å². The number of benzene rings is 2. The van der Waals surface area contributed by atoms with Crippen molar-refractivity contribution in [3.05, 3.63) is 75.5 Å². The lowest BCUT2D eigenvalue weighted by Crippen LogP contribution is -2.28. The first-order valence-electron chi connectivity index (χ1n) is 9.64. The number of hydrogen-bond acceptors (Lipinski definition) is 3. The van der Waals surface area contributed by atoms with Crippen LogP contribution in [0.5, 0.6) is 0 Å². The van der Waals surface area contributed by atoms with Gasteiger partial charge in [-0.15, -0.1) is 0 Å². The normalized spacial score (nSPS) is 13.8. The highest BCUT2D eigenvalue weighted by Gasteiger charge is 2.28. The molecule has 3 aromatic rings. The number of amides is 1. The van der Waals surface area contributed by atoms with Gasteiger partial charge < -0.3 is 14.6 Å². The van der Waals surface area contributed by atoms with E-state index in [9.17, 15) is 9.59 Å². The van der Waals surface area contributed by atoms with E-state index in [1.54, 1.807) is 32.2 Å². The molecule has 1 aliphatic rings. The van der Waals surface area contributed by atoms with Crippen LogP contribution in [0.3, 0.4) is 0 Å². The molecule has 1 aliphatic heterocycles. The standard InChI is InChI=1S/C23H20Cl2N2O3/c1-13(2)30-23(29)18-12-27(22(28)17-8-7-14(24)11-19(17)25)10-9-16-15-5-3-4-6-20(15)26-21(16)18/h3-8,11-13,26H,9-10H2,1-2H3. The van der Waals surface area contributed by atoms with Crippen molar-refractivity contribution in [2.45, 2.75) is 26.4 Å². The Labute approximate surface area is 184 Å². The fraction of sp³-hybridized carbons (Fsp3) is 0.217. The molecule has 2 aromatic carbocycles. The van der Waals surface area contributed by atoms with E-state index in [0.717, 1.165) is 16.5 Å². The van der Waals surface area contributed by atoms with Gasteiger partial charge in [0.25, 0.3) is 5.91 Å². The smallest absolute Gasteiger partial charge is 0.342 e. The van der Waals surface area contributed by atoms with E-state index < -0.39 is 5.97 Å². The first-order chi connectivity index (χ1) is 14.3. The van der Waals surface area contributed by atoms with Crippen LogP contribution in [-0.4, -0.2) is 34.4 Å². The Bertz CT molecular complexity index is 1180. The molecule has 0 saturated heterocycles. The van der Waals surface area contributed by atoms with Crippen molar-refractivity contribution in [1.82, 2.24) is 9.88 Å². The SMILES string of the molecule is CC(C)OC(=O)C1=CN(C(=O)c2ccc(Cl)cc2Cl)CCc2c1[nH]c1ccccc21. The number of aromatic nitrogens is 1. The first kappa shape index (κ1) is 20.5. The fourth-order valence-corrected chi connectivity index (χ4v) is 4.11. The minimum absolute atomic E-state index is 0.264. The summed E-state index contributed by atoms with van der Waals surface area (Å²) >= 11 is 12.2. The van der Waals surface area contributed by atoms with Crippen LogP contribution in [0.1, 0.15) is 35.5 Å². The summed E-state index contributed by atoms with van der Waals surface area (Å²) in [7, 11) is 0. The fourth-order valence-electron chi connectivity index (χ4n) is 3.62. The number of rotatable bonds is 3. The summed E-state index contributed by atoms with van der Waals surface area (Å²) in [5.41, 5.74) is 3.23. The van der Waals surface area contributed by atoms with E-state index in [0.29, 0.717) is 34.8 Å². The largest absolute Gasteiger partial charge is 0.459 e. The number of halogens is 2. The maximum absolute atomic E-state index is 13.2. The van der Waals surface area contributed by atoms with Gasteiger partial charge in [0.05, 0.1) is 28.0 Å². The van der Waals surface area contributed by atoms with Gasteiger partial charge in [-0.25, -0.2) is 4.79 Å². The zero-order chi connectivity index (χ0) is 21.4. The molecule has 0 aliphatic carbocycles. The average molecular weight is 443 g/mol. The zero-order valence-corrected chi connectivity index (χ0v) is 18.1. The molecule has 0 fully saturated rings. The van der Waals surface area contributed by atoms with Gasteiger partial charge in [0, 0.05) is 28.7 Å². The van der Waals surface area contributed by atoms with E-state index in [4.69, 9.17) is 27.9 Å². The molecule has 0 saturated carbocycles. The summed E-state index contributed by atoms with van der Waals surface area (Å²) < 4.78 is 5.46. The topological polar surface area (TPSA) is 62.4 Å². The number of para-hydroxylation sites is 1. The summed E-state index contributed by atoms with van der Waals surface area (Å²) in [6.45, 7) is 3.97. The predicted octanol–water partition coefficient (Wildman–Crippen LogP) is 5.47. The van der Waals surface area contributed by atoms with Crippen LogP contribution >= 0.6 is 23.2 Å². The number of H-pyrrole nitrogens is 1. The van der Waals surface area contributed by atoms with Crippen LogP contribution in [0.25, 0.3) is 16.5 Å². The van der Waals surface area contributed by atoms with Crippen molar-refractivity contribution in [3.8, 4) is 0 Å². The molecule has 30 heavy (non-hydrogen) atoms. The van der Waals surface area contributed by atoms with Crippen molar-refractivity contribution in [1.29, 1.82) is 0 Å². The van der Waals surface area contributed by atoms with Crippen molar-refractivity contribution in [2.75, 3.05) is 6.54 Å². The monoisotopic (exact) mass is 442 g/mol. The van der Waals surface area contributed by atoms with E-state index >= 15 is 0 Å². The molecule has 1 N–H and O–H groups in total. The highest BCUT2D eigenvalue weighted by molar-refractivity contribution is 6.36. The molecule has 154 valence electrons. The first-order valence-corrected chi connectivity index (χ1v) is 10.4. The van der Waals surface area contributed by atoms with Crippen molar-refractivity contribution in [2.24, 2.45) is 0 Å². The number of fused-ring (bicyclic) bond motifs is 3. The average Bonchev–Trinajstić information content (AvgIpc) is 2.94. The van der Waals surface area contributed by atoms with Gasteiger partial charge in [0.2, 0.25) is 0 Å². The Balaban J connectivity index is 1.80. The third-order valence-corrected chi connectivity index (χ3v) is 5.50. The van der Waals surface area contributed by atoms with Crippen molar-refractivity contribution >= 4 is 51.6 Å². The van der Waals surface area contributed by atoms with Crippen LogP contribution in [-0.2, 0) is 16.0 Å². The molecular weight excluding hydrogens is 423 g/mol. The maximum atomic E-state index is 13.2. The Hall–Kier alpha value is -2.76. The van der Waals surface area contributed by atoms with Crippen LogP contribution in [0.15, 0.2) is 48.7 Å². The third kappa shape index (κ3) is 3.83. The summed E-state index contributed by atoms with van der Waals surface area (Å²) in [5.74, 6) is -0.791. The van der Waals surface area contributed by atoms with Gasteiger partial charge in [-0.2, -0.15) is 0 Å². The lowest BCUT2D eigenvalue weighted by molar-refractivity contribution is -0.140. The Morgan fingerprint density at radius 3 is 2.63 bits per heavy atom. The molecule has 5 nitrogen and oxygen atoms in total. The van der Waals surface area contributed by atoms with E-state index in [-0.39, 0.29) is 17.0 Å². The highest BCUT2D eigenvalue weighted by atomic mass is 35.5. The van der Waals surface area contributed by atoms with Crippen LogP contribution in [0.4, 0.5) is 0 Å². The van der Waals surface area contributed by atoms with Crippen molar-refractivity contribution in [3.63, 3.8) is 0 Å². The lowest BCUT2D eigenvalue weighted by atomic mass is 10.0. The van der Waals surface area contributed by atoms with Crippen LogP contribution < -0.4 is 0 Å². The molecule has 4 rings (SSSR count). The molecule has 0 radical (unpaired) electrons. The number of ether oxygens (including phenoxy) is 1. The van der Waals surface area contributed by atoms with Crippen LogP contribution in [0, 0.1) is 0 Å². The molecule has 1 aromatic heterocycles. The molecule has 2 heterocycles. The summed E-state index contributed by atoms with van der Waals surface area (Å²) in [5, 5.41) is 1.74. The zero-order valence-electron chi connectivity index (χ0n) is 16.5. The molecule has 7 heteroatoms. The lowest BCUT2D eigenvalue weighted by Gasteiger charge is -2.19. The second kappa shape index (κ2) is 8.17. The number of hydrogen-bond donors (Lipinski definition) is 1. The second-order valence-electron chi connectivity index (χ2n) is 7.39. The third-order valence-electron chi connectivity index (χ3n) is 4.96. The summed E-state index contributed by atoms with van der Waals surface area (Å²) in [4.78, 5) is 31.0. The molecule has 0 bridgehead atoms. The number of carbonyl (C=O) groups is 2. The van der Waals surface area contributed by atoms with Crippen LogP contribution in [0.2, 0.25) is 10.0 Å². The van der Waals surface area contributed by atoms with Gasteiger partial charge >= 0.3 is 5.97 Å². The van der Waals surface area contributed by atoms with Gasteiger partial charge in [-0.05, 0) is 50.1 Å². The van der Waals surface area contributed by atoms with E-state index in [1.807, 2.05) is 24.3 Å². The quantitative estimate of drug-likeness (QED) is 0.547. The molecule has 0 spiro atoms. The van der Waals surface area contributed by atoms with Gasteiger partial charge in [0.1, 0.15) is 0 Å². The Morgan fingerprint density at radius 1 is 1.13 bits per heavy atom. The molecule has 0 atom stereocenters. The number of carbonyl (C=O) groups excluding carboxylic acids is 2. The number of aromatic amines is 1. The maximum Gasteiger partial charge on any atom is 0.342 e. The highest BCUT2D eigenvalue weighted by Crippen LogP contribution is 2.32. The van der Waals surface area contributed by atoms with Gasteiger partial charge in [-0.1, -0.05) is 41.4 Å². The number of esters is 1. The minimum atomic E-state index is -0.486. The molecule has 0 unspecified atom stereocenters. The summed E-state index contributed by atoms with van der Waals surface area (Å²) in [6, 6.07) is 12.6.